The summed E-state index contributed by atoms with van der Waals surface area (Å²) in [5.41, 5.74) is 0.410. The Balaban J connectivity index is 1.43. The minimum atomic E-state index is -0.668. The van der Waals surface area contributed by atoms with Crippen molar-refractivity contribution >= 4 is 29.1 Å². The van der Waals surface area contributed by atoms with Crippen molar-refractivity contribution in [2.45, 2.75) is 32.2 Å². The Morgan fingerprint density at radius 2 is 1.94 bits per heavy atom. The summed E-state index contributed by atoms with van der Waals surface area (Å²) in [6.07, 6.45) is 2.09. The van der Waals surface area contributed by atoms with E-state index < -0.39 is 6.04 Å². The van der Waals surface area contributed by atoms with Crippen LogP contribution in [0.1, 0.15) is 46.2 Å². The van der Waals surface area contributed by atoms with Crippen molar-refractivity contribution in [2.75, 3.05) is 26.4 Å². The maximum absolute atomic E-state index is 13.0. The van der Waals surface area contributed by atoms with Crippen molar-refractivity contribution < 1.29 is 23.9 Å². The quantitative estimate of drug-likeness (QED) is 0.666. The number of nitrogens with one attached hydrogen (secondary N) is 2. The van der Waals surface area contributed by atoms with E-state index in [1.807, 2.05) is 29.3 Å². The number of ether oxygens (including phenoxy) is 2. The van der Waals surface area contributed by atoms with Crippen LogP contribution in [0.2, 0.25) is 0 Å². The van der Waals surface area contributed by atoms with Crippen LogP contribution in [0.3, 0.4) is 0 Å². The summed E-state index contributed by atoms with van der Waals surface area (Å²) in [7, 11) is 0. The molecule has 0 saturated carbocycles. The number of carbonyl (C=O) groups excluding carboxylic acids is 3. The second-order valence-electron chi connectivity index (χ2n) is 7.92. The van der Waals surface area contributed by atoms with Crippen molar-refractivity contribution in [3.63, 3.8) is 0 Å². The Morgan fingerprint density at radius 3 is 2.66 bits per heavy atom. The number of amides is 3. The molecular formula is C23H27N3O5S. The molecule has 4 rings (SSSR count). The molecule has 2 N–H and O–H groups in total. The molecule has 1 aromatic heterocycles. The summed E-state index contributed by atoms with van der Waals surface area (Å²) in [5.74, 6) is 0.555. The summed E-state index contributed by atoms with van der Waals surface area (Å²) in [6.45, 7) is 3.77. The summed E-state index contributed by atoms with van der Waals surface area (Å²) in [5, 5.41) is 7.72. The van der Waals surface area contributed by atoms with Gasteiger partial charge in [0.2, 0.25) is 12.7 Å². The lowest BCUT2D eigenvalue weighted by Crippen LogP contribution is -2.53. The molecular weight excluding hydrogens is 430 g/mol. The molecule has 2 aliphatic rings. The predicted molar refractivity (Wildman–Crippen MR) is 120 cm³/mol. The highest BCUT2D eigenvalue weighted by atomic mass is 32.1. The molecule has 32 heavy (non-hydrogen) atoms. The van der Waals surface area contributed by atoms with Crippen molar-refractivity contribution in [3.8, 4) is 11.5 Å². The molecule has 2 aliphatic heterocycles. The Morgan fingerprint density at radius 1 is 1.16 bits per heavy atom. The van der Waals surface area contributed by atoms with Crippen LogP contribution >= 0.6 is 11.3 Å². The van der Waals surface area contributed by atoms with Gasteiger partial charge in [0.05, 0.1) is 4.88 Å². The number of rotatable bonds is 7. The fourth-order valence-corrected chi connectivity index (χ4v) is 4.70. The average molecular weight is 458 g/mol. The maximum atomic E-state index is 13.0. The van der Waals surface area contributed by atoms with E-state index in [-0.39, 0.29) is 30.4 Å². The second-order valence-corrected chi connectivity index (χ2v) is 8.86. The first kappa shape index (κ1) is 22.1. The van der Waals surface area contributed by atoms with Gasteiger partial charge in [0.25, 0.3) is 11.8 Å². The van der Waals surface area contributed by atoms with Crippen molar-refractivity contribution in [3.05, 3.63) is 46.2 Å². The molecule has 1 fully saturated rings. The monoisotopic (exact) mass is 457 g/mol. The standard InChI is InChI=1S/C23H27N3O5S/c1-2-9-24-22(28)20(25-21(27)16-5-6-17-18(13-16)31-14-30-17)15-7-10-26(11-8-15)23(29)19-4-3-12-32-19/h3-6,12-13,15,20H,2,7-11,14H2,1H3,(H,24,28)(H,25,27). The van der Waals surface area contributed by atoms with E-state index in [2.05, 4.69) is 10.6 Å². The molecule has 3 amide bonds. The summed E-state index contributed by atoms with van der Waals surface area (Å²) in [4.78, 5) is 41.0. The number of hydrogen-bond acceptors (Lipinski definition) is 6. The molecule has 0 bridgehead atoms. The molecule has 0 radical (unpaired) electrons. The number of thiophene rings is 1. The first-order chi connectivity index (χ1) is 15.6. The van der Waals surface area contributed by atoms with Crippen LogP contribution in [0.25, 0.3) is 0 Å². The van der Waals surface area contributed by atoms with Gasteiger partial charge in [-0.25, -0.2) is 0 Å². The second kappa shape index (κ2) is 10.0. The van der Waals surface area contributed by atoms with Crippen LogP contribution in [0, 0.1) is 5.92 Å². The molecule has 8 nitrogen and oxygen atoms in total. The zero-order chi connectivity index (χ0) is 22.5. The van der Waals surface area contributed by atoms with Gasteiger partial charge in [-0.15, -0.1) is 11.3 Å². The van der Waals surface area contributed by atoms with Gasteiger partial charge in [-0.1, -0.05) is 13.0 Å². The first-order valence-electron chi connectivity index (χ1n) is 10.9. The van der Waals surface area contributed by atoms with Crippen LogP contribution in [0.5, 0.6) is 11.5 Å². The molecule has 0 spiro atoms. The fourth-order valence-electron chi connectivity index (χ4n) is 4.01. The highest BCUT2D eigenvalue weighted by Gasteiger charge is 2.34. The van der Waals surface area contributed by atoms with Crippen LogP contribution in [-0.2, 0) is 4.79 Å². The molecule has 0 aliphatic carbocycles. The van der Waals surface area contributed by atoms with Crippen LogP contribution in [-0.4, -0.2) is 55.1 Å². The van der Waals surface area contributed by atoms with Crippen LogP contribution in [0.15, 0.2) is 35.7 Å². The lowest BCUT2D eigenvalue weighted by Gasteiger charge is -2.35. The third-order valence-electron chi connectivity index (χ3n) is 5.78. The molecule has 9 heteroatoms. The fraction of sp³-hybridized carbons (Fsp3) is 0.435. The van der Waals surface area contributed by atoms with E-state index in [1.165, 1.54) is 11.3 Å². The average Bonchev–Trinajstić information content (AvgIpc) is 3.52. The Bertz CT molecular complexity index is 970. The number of benzene rings is 1. The van der Waals surface area contributed by atoms with Gasteiger partial charge in [0.1, 0.15) is 6.04 Å². The number of piperidine rings is 1. The van der Waals surface area contributed by atoms with Gasteiger partial charge in [-0.05, 0) is 54.8 Å². The van der Waals surface area contributed by atoms with Gasteiger partial charge in [0.15, 0.2) is 11.5 Å². The lowest BCUT2D eigenvalue weighted by molar-refractivity contribution is -0.124. The zero-order valence-electron chi connectivity index (χ0n) is 18.0. The third-order valence-corrected chi connectivity index (χ3v) is 6.64. The van der Waals surface area contributed by atoms with E-state index in [0.717, 1.165) is 11.3 Å². The summed E-state index contributed by atoms with van der Waals surface area (Å²) >= 11 is 1.43. The summed E-state index contributed by atoms with van der Waals surface area (Å²) in [6, 6.07) is 8.00. The van der Waals surface area contributed by atoms with Crippen molar-refractivity contribution in [1.29, 1.82) is 0 Å². The highest BCUT2D eigenvalue weighted by molar-refractivity contribution is 7.12. The topological polar surface area (TPSA) is 97.0 Å². The Kier molecular flexibility index (Phi) is 6.94. The zero-order valence-corrected chi connectivity index (χ0v) is 18.8. The van der Waals surface area contributed by atoms with E-state index in [4.69, 9.17) is 9.47 Å². The van der Waals surface area contributed by atoms with E-state index in [1.54, 1.807) is 18.2 Å². The van der Waals surface area contributed by atoms with Gasteiger partial charge in [-0.3, -0.25) is 14.4 Å². The number of hydrogen-bond donors (Lipinski definition) is 2. The highest BCUT2D eigenvalue weighted by Crippen LogP contribution is 2.32. The normalized spacial score (nSPS) is 16.5. The number of fused-ring (bicyclic) bond motifs is 1. The first-order valence-corrected chi connectivity index (χ1v) is 11.8. The van der Waals surface area contributed by atoms with Crippen LogP contribution in [0.4, 0.5) is 0 Å². The summed E-state index contributed by atoms with van der Waals surface area (Å²) < 4.78 is 10.7. The largest absolute Gasteiger partial charge is 0.454 e. The molecule has 3 heterocycles. The van der Waals surface area contributed by atoms with Gasteiger partial charge >= 0.3 is 0 Å². The minimum absolute atomic E-state index is 0.0230. The lowest BCUT2D eigenvalue weighted by atomic mass is 9.88. The van der Waals surface area contributed by atoms with Crippen molar-refractivity contribution in [1.82, 2.24) is 15.5 Å². The minimum Gasteiger partial charge on any atom is -0.454 e. The Labute approximate surface area is 190 Å². The van der Waals surface area contributed by atoms with Gasteiger partial charge in [0, 0.05) is 25.2 Å². The number of nitrogens with zero attached hydrogens (tertiary/aromatic N) is 1. The smallest absolute Gasteiger partial charge is 0.263 e. The molecule has 170 valence electrons. The van der Waals surface area contributed by atoms with E-state index >= 15 is 0 Å². The van der Waals surface area contributed by atoms with Crippen LogP contribution < -0.4 is 20.1 Å². The van der Waals surface area contributed by atoms with E-state index in [0.29, 0.717) is 49.5 Å². The van der Waals surface area contributed by atoms with Gasteiger partial charge in [-0.2, -0.15) is 0 Å². The third kappa shape index (κ3) is 4.88. The van der Waals surface area contributed by atoms with Crippen molar-refractivity contribution in [2.24, 2.45) is 5.92 Å². The van der Waals surface area contributed by atoms with Gasteiger partial charge < -0.3 is 25.0 Å². The molecule has 2 aromatic rings. The SMILES string of the molecule is CCCNC(=O)C(NC(=O)c1ccc2c(c1)OCO2)C1CCN(C(=O)c2cccs2)CC1. The number of likely N-dealkylation sites (tertiary alicyclic amines) is 1. The molecule has 1 saturated heterocycles. The van der Waals surface area contributed by atoms with E-state index in [9.17, 15) is 14.4 Å². The Hall–Kier alpha value is -3.07. The predicted octanol–water partition coefficient (Wildman–Crippen LogP) is 2.65. The number of carbonyl (C=O) groups is 3. The molecule has 1 unspecified atom stereocenters. The molecule has 1 aromatic carbocycles. The molecule has 1 atom stereocenters. The maximum Gasteiger partial charge on any atom is 0.263 e.